The van der Waals surface area contributed by atoms with Gasteiger partial charge in [-0.1, -0.05) is 36.3 Å². The minimum Gasteiger partial charge on any atom is -0.411 e. The lowest BCUT2D eigenvalue weighted by atomic mass is 9.81. The van der Waals surface area contributed by atoms with Gasteiger partial charge in [0, 0.05) is 48.7 Å². The highest BCUT2D eigenvalue weighted by molar-refractivity contribution is 5.88. The second-order valence-electron chi connectivity index (χ2n) is 6.48. The molecule has 1 saturated heterocycles. The van der Waals surface area contributed by atoms with E-state index in [2.05, 4.69) is 10.5 Å². The fraction of sp³-hybridized carbons (Fsp3) is 0.278. The third-order valence-corrected chi connectivity index (χ3v) is 4.92. The molecule has 0 unspecified atom stereocenters. The Bertz CT molecular complexity index is 880. The lowest BCUT2D eigenvalue weighted by Crippen LogP contribution is -2.41. The first kappa shape index (κ1) is 18.5. The molecule has 0 bridgehead atoms. The first-order chi connectivity index (χ1) is 12.9. The molecule has 3 atom stereocenters. The van der Waals surface area contributed by atoms with Crippen LogP contribution in [0.1, 0.15) is 36.6 Å². The molecule has 1 fully saturated rings. The number of hydrogen-bond donors (Lipinski definition) is 2. The molecule has 2 aromatic rings. The Hall–Kier alpha value is -3.33. The van der Waals surface area contributed by atoms with Crippen LogP contribution in [0.15, 0.2) is 53.7 Å². The average Bonchev–Trinajstić information content (AvgIpc) is 2.68. The second kappa shape index (κ2) is 7.50. The van der Waals surface area contributed by atoms with Crippen LogP contribution in [0.5, 0.6) is 0 Å². The van der Waals surface area contributed by atoms with Crippen molar-refractivity contribution >= 4 is 17.1 Å². The number of non-ortho nitro benzene ring substituents is 2. The summed E-state index contributed by atoms with van der Waals surface area (Å²) in [6, 6.07) is 12.0. The summed E-state index contributed by atoms with van der Waals surface area (Å²) >= 11 is 0. The zero-order valence-electron chi connectivity index (χ0n) is 14.5. The van der Waals surface area contributed by atoms with Crippen LogP contribution in [0.4, 0.5) is 11.4 Å². The van der Waals surface area contributed by atoms with Gasteiger partial charge in [-0.25, -0.2) is 0 Å². The molecule has 140 valence electrons. The molecule has 2 N–H and O–H groups in total. The Morgan fingerprint density at radius 1 is 0.963 bits per heavy atom. The first-order valence-electron chi connectivity index (χ1n) is 8.36. The fourth-order valence-corrected chi connectivity index (χ4v) is 3.37. The maximum atomic E-state index is 10.9. The van der Waals surface area contributed by atoms with Gasteiger partial charge in [0.1, 0.15) is 0 Å². The minimum absolute atomic E-state index is 0.00480. The molecule has 0 spiro atoms. The molecular weight excluding hydrogens is 352 g/mol. The van der Waals surface area contributed by atoms with Crippen molar-refractivity contribution in [2.24, 2.45) is 11.1 Å². The Morgan fingerprint density at radius 3 is 1.89 bits per heavy atom. The van der Waals surface area contributed by atoms with E-state index in [9.17, 15) is 25.4 Å². The van der Waals surface area contributed by atoms with Gasteiger partial charge in [0.2, 0.25) is 0 Å². The van der Waals surface area contributed by atoms with Gasteiger partial charge in [0.05, 0.1) is 15.6 Å². The molecule has 27 heavy (non-hydrogen) atoms. The van der Waals surface area contributed by atoms with Crippen molar-refractivity contribution in [1.29, 1.82) is 0 Å². The average molecular weight is 370 g/mol. The van der Waals surface area contributed by atoms with Crippen molar-refractivity contribution in [2.75, 3.05) is 0 Å². The van der Waals surface area contributed by atoms with E-state index < -0.39 is 9.85 Å². The lowest BCUT2D eigenvalue weighted by Gasteiger charge is -2.37. The normalized spacial score (nSPS) is 23.9. The van der Waals surface area contributed by atoms with Crippen molar-refractivity contribution in [1.82, 2.24) is 5.32 Å². The molecule has 0 aliphatic carbocycles. The fourth-order valence-electron chi connectivity index (χ4n) is 3.37. The van der Waals surface area contributed by atoms with Gasteiger partial charge < -0.3 is 10.5 Å². The van der Waals surface area contributed by atoms with Gasteiger partial charge in [-0.05, 0) is 11.1 Å². The molecule has 0 aromatic heterocycles. The monoisotopic (exact) mass is 370 g/mol. The summed E-state index contributed by atoms with van der Waals surface area (Å²) in [7, 11) is 0. The maximum absolute atomic E-state index is 10.9. The number of piperidine rings is 1. The summed E-state index contributed by atoms with van der Waals surface area (Å²) in [5.41, 5.74) is 2.28. The van der Waals surface area contributed by atoms with Crippen molar-refractivity contribution in [2.45, 2.75) is 25.4 Å². The Morgan fingerprint density at radius 2 is 1.44 bits per heavy atom. The van der Waals surface area contributed by atoms with Crippen LogP contribution < -0.4 is 5.32 Å². The van der Waals surface area contributed by atoms with Crippen LogP contribution in [0.2, 0.25) is 0 Å². The number of nitrogens with one attached hydrogen (secondary N) is 1. The van der Waals surface area contributed by atoms with Crippen LogP contribution in [-0.2, 0) is 0 Å². The van der Waals surface area contributed by atoms with Crippen molar-refractivity contribution in [3.8, 4) is 0 Å². The van der Waals surface area contributed by atoms with Crippen molar-refractivity contribution in [3.05, 3.63) is 79.9 Å². The Balaban J connectivity index is 1.89. The number of benzene rings is 2. The molecule has 9 nitrogen and oxygen atoms in total. The quantitative estimate of drug-likeness (QED) is 0.479. The van der Waals surface area contributed by atoms with Gasteiger partial charge in [-0.3, -0.25) is 20.2 Å². The lowest BCUT2D eigenvalue weighted by molar-refractivity contribution is -0.385. The van der Waals surface area contributed by atoms with E-state index in [1.807, 2.05) is 6.92 Å². The van der Waals surface area contributed by atoms with E-state index in [-0.39, 0.29) is 29.4 Å². The van der Waals surface area contributed by atoms with E-state index in [1.54, 1.807) is 24.3 Å². The molecule has 1 aliphatic heterocycles. The van der Waals surface area contributed by atoms with Crippen LogP contribution in [0.25, 0.3) is 0 Å². The molecule has 0 amide bonds. The summed E-state index contributed by atoms with van der Waals surface area (Å²) in [6.07, 6.45) is 0.457. The summed E-state index contributed by atoms with van der Waals surface area (Å²) in [5.74, 6) is -0.120. The number of hydrogen-bond acceptors (Lipinski definition) is 7. The summed E-state index contributed by atoms with van der Waals surface area (Å²) in [4.78, 5) is 20.8. The van der Waals surface area contributed by atoms with Gasteiger partial charge in [0.15, 0.2) is 0 Å². The van der Waals surface area contributed by atoms with Crippen LogP contribution in [0, 0.1) is 26.1 Å². The molecule has 2 aromatic carbocycles. The SMILES string of the molecule is C[C@H]1/C(=N/O)C[C@@H](c2ccc([N+](=O)[O-])cc2)N[C@@H]1c1ccc([N+](=O)[O-])cc1. The standard InChI is InChI=1S/C18H18N4O5/c1-11-16(20-23)10-17(12-2-6-14(7-3-12)21(24)25)19-18(11)13-4-8-15(9-5-13)22(26)27/h2-9,11,17-19,23H,10H2,1H3/b20-16+/t11-,17-,18-/m0/s1. The largest absolute Gasteiger partial charge is 0.411 e. The molecule has 1 heterocycles. The first-order valence-corrected chi connectivity index (χ1v) is 8.36. The minimum atomic E-state index is -0.458. The van der Waals surface area contributed by atoms with E-state index in [1.165, 1.54) is 24.3 Å². The van der Waals surface area contributed by atoms with Crippen LogP contribution in [0.3, 0.4) is 0 Å². The summed E-state index contributed by atoms with van der Waals surface area (Å²) < 4.78 is 0. The number of nitro benzene ring substituents is 2. The van der Waals surface area contributed by atoms with Gasteiger partial charge in [0.25, 0.3) is 11.4 Å². The van der Waals surface area contributed by atoms with Crippen LogP contribution in [-0.4, -0.2) is 20.8 Å². The van der Waals surface area contributed by atoms with Gasteiger partial charge in [-0.2, -0.15) is 0 Å². The zero-order valence-corrected chi connectivity index (χ0v) is 14.5. The summed E-state index contributed by atoms with van der Waals surface area (Å²) in [5, 5.41) is 38.0. The molecule has 1 aliphatic rings. The topological polar surface area (TPSA) is 131 Å². The third kappa shape index (κ3) is 3.77. The molecular formula is C18H18N4O5. The van der Waals surface area contributed by atoms with E-state index in [4.69, 9.17) is 0 Å². The van der Waals surface area contributed by atoms with Gasteiger partial charge in [-0.15, -0.1) is 0 Å². The molecule has 3 rings (SSSR count). The molecule has 9 heteroatoms. The molecule has 0 saturated carbocycles. The highest BCUT2D eigenvalue weighted by Crippen LogP contribution is 2.36. The predicted molar refractivity (Wildman–Crippen MR) is 97.8 cm³/mol. The van der Waals surface area contributed by atoms with E-state index in [0.29, 0.717) is 12.1 Å². The highest BCUT2D eigenvalue weighted by Gasteiger charge is 2.34. The van der Waals surface area contributed by atoms with Crippen LogP contribution >= 0.6 is 0 Å². The highest BCUT2D eigenvalue weighted by atomic mass is 16.6. The number of nitro groups is 2. The number of nitrogens with zero attached hydrogens (tertiary/aromatic N) is 3. The molecule has 0 radical (unpaired) electrons. The predicted octanol–water partition coefficient (Wildman–Crippen LogP) is 3.75. The number of oxime groups is 1. The summed E-state index contributed by atoms with van der Waals surface area (Å²) in [6.45, 7) is 1.92. The Kier molecular flexibility index (Phi) is 5.13. The zero-order chi connectivity index (χ0) is 19.6. The van der Waals surface area contributed by atoms with Gasteiger partial charge >= 0.3 is 0 Å². The van der Waals surface area contributed by atoms with E-state index >= 15 is 0 Å². The van der Waals surface area contributed by atoms with Crippen molar-refractivity contribution < 1.29 is 15.1 Å². The second-order valence-corrected chi connectivity index (χ2v) is 6.48. The van der Waals surface area contributed by atoms with E-state index in [0.717, 1.165) is 11.1 Å². The third-order valence-electron chi connectivity index (χ3n) is 4.92. The van der Waals surface area contributed by atoms with Crippen molar-refractivity contribution in [3.63, 3.8) is 0 Å². The Labute approximate surface area is 154 Å². The smallest absolute Gasteiger partial charge is 0.269 e. The maximum Gasteiger partial charge on any atom is 0.269 e. The number of rotatable bonds is 4.